The van der Waals surface area contributed by atoms with E-state index in [9.17, 15) is 0 Å². The van der Waals surface area contributed by atoms with Gasteiger partial charge in [0.25, 0.3) is 0 Å². The summed E-state index contributed by atoms with van der Waals surface area (Å²) in [4.78, 5) is 4.15. The number of rotatable bonds is 4. The Morgan fingerprint density at radius 3 is 3.00 bits per heavy atom. The van der Waals surface area contributed by atoms with E-state index >= 15 is 0 Å². The van der Waals surface area contributed by atoms with Gasteiger partial charge in [-0.1, -0.05) is 6.07 Å². The molecule has 2 aromatic heterocycles. The molecule has 1 N–H and O–H groups in total. The van der Waals surface area contributed by atoms with Crippen LogP contribution in [0.3, 0.4) is 0 Å². The first-order chi connectivity index (χ1) is 9.42. The molecule has 0 aliphatic carbocycles. The van der Waals surface area contributed by atoms with E-state index in [-0.39, 0.29) is 0 Å². The quantitative estimate of drug-likeness (QED) is 0.896. The third kappa shape index (κ3) is 3.17. The zero-order valence-electron chi connectivity index (χ0n) is 11.0. The van der Waals surface area contributed by atoms with Crippen molar-refractivity contribution in [1.29, 1.82) is 0 Å². The van der Waals surface area contributed by atoms with Gasteiger partial charge in [-0.25, -0.2) is 0 Å². The predicted octanol–water partition coefficient (Wildman–Crippen LogP) is 1.26. The van der Waals surface area contributed by atoms with Crippen LogP contribution in [0.4, 0.5) is 0 Å². The molecule has 0 amide bonds. The van der Waals surface area contributed by atoms with Gasteiger partial charge in [0.1, 0.15) is 12.2 Å². The van der Waals surface area contributed by atoms with Crippen molar-refractivity contribution in [3.05, 3.63) is 42.2 Å². The summed E-state index contributed by atoms with van der Waals surface area (Å²) in [6, 6.07) is 4.05. The highest BCUT2D eigenvalue weighted by Gasteiger charge is 2.16. The van der Waals surface area contributed by atoms with Crippen molar-refractivity contribution in [3.8, 4) is 0 Å². The molecule has 5 nitrogen and oxygen atoms in total. The van der Waals surface area contributed by atoms with Gasteiger partial charge in [-0.3, -0.25) is 4.98 Å². The first-order valence-electron chi connectivity index (χ1n) is 6.88. The Balaban J connectivity index is 1.68. The standard InChI is InChI=1S/C14H19N5/c1-2-13(9-16-5-1)10-19-11-17-18-14(19)8-12-3-6-15-7-4-12/h1-2,5,9,11-12,15H,3-4,6-8,10H2. The molecule has 0 bridgehead atoms. The number of piperidine rings is 1. The second kappa shape index (κ2) is 5.93. The summed E-state index contributed by atoms with van der Waals surface area (Å²) in [5.41, 5.74) is 1.19. The molecule has 3 heterocycles. The van der Waals surface area contributed by atoms with Crippen molar-refractivity contribution < 1.29 is 0 Å². The van der Waals surface area contributed by atoms with Gasteiger partial charge in [-0.15, -0.1) is 10.2 Å². The largest absolute Gasteiger partial charge is 0.317 e. The highest BCUT2D eigenvalue weighted by molar-refractivity contribution is 5.09. The molecule has 19 heavy (non-hydrogen) atoms. The van der Waals surface area contributed by atoms with Crippen molar-refractivity contribution in [2.75, 3.05) is 13.1 Å². The normalized spacial score (nSPS) is 16.6. The van der Waals surface area contributed by atoms with Crippen LogP contribution in [0.1, 0.15) is 24.2 Å². The molecule has 0 atom stereocenters. The molecule has 100 valence electrons. The number of nitrogens with zero attached hydrogens (tertiary/aromatic N) is 4. The minimum Gasteiger partial charge on any atom is -0.317 e. The lowest BCUT2D eigenvalue weighted by molar-refractivity contribution is 0.363. The van der Waals surface area contributed by atoms with Gasteiger partial charge in [0.2, 0.25) is 0 Å². The Kier molecular flexibility index (Phi) is 3.83. The fraction of sp³-hybridized carbons (Fsp3) is 0.500. The lowest BCUT2D eigenvalue weighted by Crippen LogP contribution is -2.29. The van der Waals surface area contributed by atoms with Gasteiger partial charge in [0, 0.05) is 18.8 Å². The number of nitrogens with one attached hydrogen (secondary N) is 1. The van der Waals surface area contributed by atoms with Crippen LogP contribution < -0.4 is 5.32 Å². The third-order valence-electron chi connectivity index (χ3n) is 3.70. The maximum Gasteiger partial charge on any atom is 0.133 e. The van der Waals surface area contributed by atoms with E-state index in [0.29, 0.717) is 0 Å². The Labute approximate surface area is 113 Å². The molecule has 3 rings (SSSR count). The van der Waals surface area contributed by atoms with Gasteiger partial charge >= 0.3 is 0 Å². The van der Waals surface area contributed by atoms with E-state index in [0.717, 1.165) is 37.8 Å². The van der Waals surface area contributed by atoms with E-state index in [4.69, 9.17) is 0 Å². The van der Waals surface area contributed by atoms with E-state index in [1.54, 1.807) is 6.20 Å². The first kappa shape index (κ1) is 12.3. The van der Waals surface area contributed by atoms with E-state index in [2.05, 4.69) is 31.1 Å². The second-order valence-corrected chi connectivity index (χ2v) is 5.13. The summed E-state index contributed by atoms with van der Waals surface area (Å²) >= 11 is 0. The van der Waals surface area contributed by atoms with E-state index in [1.165, 1.54) is 18.4 Å². The van der Waals surface area contributed by atoms with E-state index in [1.807, 2.05) is 18.6 Å². The van der Waals surface area contributed by atoms with Crippen LogP contribution in [-0.2, 0) is 13.0 Å². The van der Waals surface area contributed by atoms with Crippen LogP contribution in [0.5, 0.6) is 0 Å². The number of pyridine rings is 1. The van der Waals surface area contributed by atoms with Crippen LogP contribution in [0.15, 0.2) is 30.9 Å². The highest BCUT2D eigenvalue weighted by Crippen LogP contribution is 2.17. The Morgan fingerprint density at radius 2 is 2.21 bits per heavy atom. The number of hydrogen-bond acceptors (Lipinski definition) is 4. The summed E-state index contributed by atoms with van der Waals surface area (Å²) in [5.74, 6) is 1.83. The topological polar surface area (TPSA) is 55.6 Å². The lowest BCUT2D eigenvalue weighted by atomic mass is 9.94. The molecule has 0 saturated carbocycles. The van der Waals surface area contributed by atoms with Crippen molar-refractivity contribution in [3.63, 3.8) is 0 Å². The van der Waals surface area contributed by atoms with Gasteiger partial charge in [0.05, 0.1) is 6.54 Å². The SMILES string of the molecule is c1cncc(Cn2cnnc2CC2CCNCC2)c1. The number of hydrogen-bond donors (Lipinski definition) is 1. The lowest BCUT2D eigenvalue weighted by Gasteiger charge is -2.22. The molecule has 1 aliphatic rings. The Bertz CT molecular complexity index is 502. The molecule has 5 heteroatoms. The van der Waals surface area contributed by atoms with Crippen molar-refractivity contribution in [1.82, 2.24) is 25.1 Å². The monoisotopic (exact) mass is 257 g/mol. The number of aromatic nitrogens is 4. The van der Waals surface area contributed by atoms with Crippen LogP contribution in [-0.4, -0.2) is 32.8 Å². The summed E-state index contributed by atoms with van der Waals surface area (Å²) in [5, 5.41) is 11.7. The Morgan fingerprint density at radius 1 is 1.32 bits per heavy atom. The molecule has 2 aromatic rings. The van der Waals surface area contributed by atoms with Crippen LogP contribution >= 0.6 is 0 Å². The Hall–Kier alpha value is -1.75. The van der Waals surface area contributed by atoms with Gasteiger partial charge in [-0.2, -0.15) is 0 Å². The summed E-state index contributed by atoms with van der Waals surface area (Å²) in [6.45, 7) is 3.06. The molecule has 0 aromatic carbocycles. The minimum absolute atomic E-state index is 0.734. The second-order valence-electron chi connectivity index (χ2n) is 5.13. The summed E-state index contributed by atoms with van der Waals surface area (Å²) < 4.78 is 2.14. The molecule has 0 spiro atoms. The van der Waals surface area contributed by atoms with Crippen LogP contribution in [0.25, 0.3) is 0 Å². The maximum absolute atomic E-state index is 4.28. The summed E-state index contributed by atoms with van der Waals surface area (Å²) in [7, 11) is 0. The molecule has 1 aliphatic heterocycles. The average molecular weight is 257 g/mol. The smallest absolute Gasteiger partial charge is 0.133 e. The summed E-state index contributed by atoms with van der Waals surface area (Å²) in [6.07, 6.45) is 9.02. The van der Waals surface area contributed by atoms with Crippen LogP contribution in [0, 0.1) is 5.92 Å². The minimum atomic E-state index is 0.734. The molecule has 1 fully saturated rings. The predicted molar refractivity (Wildman–Crippen MR) is 72.7 cm³/mol. The van der Waals surface area contributed by atoms with Crippen molar-refractivity contribution >= 4 is 0 Å². The first-order valence-corrected chi connectivity index (χ1v) is 6.88. The zero-order chi connectivity index (χ0) is 12.9. The van der Waals surface area contributed by atoms with Crippen molar-refractivity contribution in [2.45, 2.75) is 25.8 Å². The molecular weight excluding hydrogens is 238 g/mol. The zero-order valence-corrected chi connectivity index (χ0v) is 11.0. The van der Waals surface area contributed by atoms with Gasteiger partial charge in [0.15, 0.2) is 0 Å². The fourth-order valence-corrected chi connectivity index (χ4v) is 2.60. The third-order valence-corrected chi connectivity index (χ3v) is 3.70. The molecule has 1 saturated heterocycles. The van der Waals surface area contributed by atoms with Crippen molar-refractivity contribution in [2.24, 2.45) is 5.92 Å². The average Bonchev–Trinajstić information content (AvgIpc) is 2.88. The van der Waals surface area contributed by atoms with Crippen LogP contribution in [0.2, 0.25) is 0 Å². The van der Waals surface area contributed by atoms with Gasteiger partial charge < -0.3 is 9.88 Å². The molecule has 0 radical (unpaired) electrons. The highest BCUT2D eigenvalue weighted by atomic mass is 15.3. The molecule has 0 unspecified atom stereocenters. The maximum atomic E-state index is 4.28. The van der Waals surface area contributed by atoms with Gasteiger partial charge in [-0.05, 0) is 43.5 Å². The van der Waals surface area contributed by atoms with E-state index < -0.39 is 0 Å². The molecular formula is C14H19N5. The fourth-order valence-electron chi connectivity index (χ4n) is 2.60.